The van der Waals surface area contributed by atoms with Crippen molar-refractivity contribution in [1.82, 2.24) is 9.80 Å². The van der Waals surface area contributed by atoms with Crippen molar-refractivity contribution in [2.24, 2.45) is 35.5 Å². The normalized spacial score (nSPS) is 18.9. The molecule has 2 atom stereocenters. The van der Waals surface area contributed by atoms with Gasteiger partial charge in [-0.1, -0.05) is 135 Å². The van der Waals surface area contributed by atoms with Gasteiger partial charge in [0.1, 0.15) is 0 Å². The highest BCUT2D eigenvalue weighted by Gasteiger charge is 2.65. The number of carboxylic acid groups (broad SMARTS) is 2. The van der Waals surface area contributed by atoms with Gasteiger partial charge in [0, 0.05) is 26.2 Å². The van der Waals surface area contributed by atoms with Crippen molar-refractivity contribution >= 4 is 23.8 Å². The van der Waals surface area contributed by atoms with Crippen LogP contribution in [0.5, 0.6) is 0 Å². The van der Waals surface area contributed by atoms with E-state index in [2.05, 4.69) is 38.1 Å². The van der Waals surface area contributed by atoms with E-state index in [4.69, 9.17) is 0 Å². The molecule has 4 aromatic carbocycles. The zero-order valence-corrected chi connectivity index (χ0v) is 31.5. The minimum absolute atomic E-state index is 0.0789. The first-order valence-electron chi connectivity index (χ1n) is 19.3. The van der Waals surface area contributed by atoms with Gasteiger partial charge in [0.2, 0.25) is 11.8 Å². The number of hydrogen-bond acceptors (Lipinski definition) is 4. The zero-order chi connectivity index (χ0) is 38.5. The molecule has 1 saturated carbocycles. The van der Waals surface area contributed by atoms with Crippen LogP contribution in [0.1, 0.15) is 61.8 Å². The maximum atomic E-state index is 14.5. The van der Waals surface area contributed by atoms with Crippen LogP contribution < -0.4 is 0 Å². The molecule has 1 fully saturated rings. The molecule has 5 rings (SSSR count). The number of carbonyl (C=O) groups is 4. The summed E-state index contributed by atoms with van der Waals surface area (Å²) in [5, 5.41) is 21.2. The lowest BCUT2D eigenvalue weighted by molar-refractivity contribution is -0.188. The largest absolute Gasteiger partial charge is 0.481 e. The number of carboxylic acids is 2. The Morgan fingerprint density at radius 3 is 1.07 bits per heavy atom. The Hall–Kier alpha value is -5.24. The standard InChI is InChI=1S/C46H54N2O6/c1-33(17-15-27-35-19-7-3-8-20-35)29-47(31-37-23-11-5-12-24-37)43(49)39-41(45(51)52)40(42(39)46(53)54)44(50)48(32-38-25-13-6-14-26-38)30-34(2)18-16-28-36-21-9-4-10-22-36/h3-14,19-26,33-34,39-42H,15-18,27-32H2,1-2H3,(H,51,52)(H,53,54)/t33-,34-,39-,40-,41-,42-/m1/s1. The number of nitrogens with zero attached hydrogens (tertiary/aromatic N) is 2. The van der Waals surface area contributed by atoms with E-state index < -0.39 is 47.4 Å². The van der Waals surface area contributed by atoms with E-state index in [1.807, 2.05) is 97.1 Å². The van der Waals surface area contributed by atoms with Gasteiger partial charge in [0.05, 0.1) is 23.7 Å². The molecular formula is C46H54N2O6. The molecule has 2 amide bonds. The molecule has 284 valence electrons. The van der Waals surface area contributed by atoms with E-state index in [-0.39, 0.29) is 24.9 Å². The van der Waals surface area contributed by atoms with Gasteiger partial charge in [-0.2, -0.15) is 0 Å². The molecule has 0 spiro atoms. The number of benzene rings is 4. The summed E-state index contributed by atoms with van der Waals surface area (Å²) in [4.78, 5) is 58.3. The third-order valence-electron chi connectivity index (χ3n) is 10.8. The topological polar surface area (TPSA) is 115 Å². The van der Waals surface area contributed by atoms with Crippen LogP contribution in [0, 0.1) is 35.5 Å². The first kappa shape index (κ1) is 40.0. The van der Waals surface area contributed by atoms with Gasteiger partial charge in [-0.25, -0.2) is 0 Å². The highest BCUT2D eigenvalue weighted by Crippen LogP contribution is 2.49. The van der Waals surface area contributed by atoms with Crippen LogP contribution >= 0.6 is 0 Å². The second-order valence-corrected chi connectivity index (χ2v) is 15.2. The lowest BCUT2D eigenvalue weighted by Crippen LogP contribution is -2.64. The SMILES string of the molecule is C[C@H](CCCc1ccccc1)CN(Cc1ccccc1)C(=O)[C@H]1[C@H](C(=O)O)[C@H](C(=O)N(Cc2ccccc2)C[C@H](C)CCCc2ccccc2)[C@H]1C(=O)O. The lowest BCUT2D eigenvalue weighted by atomic mass is 9.55. The van der Waals surface area contributed by atoms with Crippen LogP contribution in [-0.4, -0.2) is 56.9 Å². The van der Waals surface area contributed by atoms with Crippen molar-refractivity contribution in [2.75, 3.05) is 13.1 Å². The Morgan fingerprint density at radius 2 is 0.778 bits per heavy atom. The molecule has 0 radical (unpaired) electrons. The van der Waals surface area contributed by atoms with Crippen LogP contribution in [0.4, 0.5) is 0 Å². The number of carbonyl (C=O) groups excluding carboxylic acids is 2. The predicted octanol–water partition coefficient (Wildman–Crippen LogP) is 8.01. The molecule has 4 aromatic rings. The molecule has 2 N–H and O–H groups in total. The molecule has 0 aromatic heterocycles. The Balaban J connectivity index is 1.34. The number of amides is 2. The fourth-order valence-electron chi connectivity index (χ4n) is 8.00. The minimum Gasteiger partial charge on any atom is -0.481 e. The molecule has 0 aliphatic heterocycles. The van der Waals surface area contributed by atoms with Crippen molar-refractivity contribution in [2.45, 2.75) is 65.5 Å². The van der Waals surface area contributed by atoms with Gasteiger partial charge >= 0.3 is 11.9 Å². The van der Waals surface area contributed by atoms with Crippen molar-refractivity contribution < 1.29 is 29.4 Å². The summed E-state index contributed by atoms with van der Waals surface area (Å²) < 4.78 is 0. The van der Waals surface area contributed by atoms with Gasteiger partial charge in [-0.15, -0.1) is 0 Å². The van der Waals surface area contributed by atoms with Crippen molar-refractivity contribution in [1.29, 1.82) is 0 Å². The smallest absolute Gasteiger partial charge is 0.308 e. The van der Waals surface area contributed by atoms with Gasteiger partial charge < -0.3 is 20.0 Å². The van der Waals surface area contributed by atoms with Gasteiger partial charge in [0.25, 0.3) is 0 Å². The number of aliphatic carboxylic acids is 2. The average Bonchev–Trinajstić information content (AvgIpc) is 3.15. The van der Waals surface area contributed by atoms with Gasteiger partial charge in [-0.05, 0) is 72.6 Å². The van der Waals surface area contributed by atoms with Crippen LogP contribution in [0.15, 0.2) is 121 Å². The van der Waals surface area contributed by atoms with E-state index in [1.54, 1.807) is 9.80 Å². The lowest BCUT2D eigenvalue weighted by Gasteiger charge is -2.48. The summed E-state index contributed by atoms with van der Waals surface area (Å²) >= 11 is 0. The van der Waals surface area contributed by atoms with Crippen LogP contribution in [0.3, 0.4) is 0 Å². The maximum absolute atomic E-state index is 14.5. The van der Waals surface area contributed by atoms with E-state index in [1.165, 1.54) is 11.1 Å². The highest BCUT2D eigenvalue weighted by atomic mass is 16.4. The van der Waals surface area contributed by atoms with E-state index >= 15 is 0 Å². The Morgan fingerprint density at radius 1 is 0.481 bits per heavy atom. The minimum atomic E-state index is -1.45. The van der Waals surface area contributed by atoms with Crippen LogP contribution in [0.2, 0.25) is 0 Å². The van der Waals surface area contributed by atoms with Crippen molar-refractivity contribution in [3.63, 3.8) is 0 Å². The number of rotatable bonds is 20. The Kier molecular flexibility index (Phi) is 14.6. The first-order valence-corrected chi connectivity index (χ1v) is 19.3. The monoisotopic (exact) mass is 730 g/mol. The second kappa shape index (κ2) is 19.7. The zero-order valence-electron chi connectivity index (χ0n) is 31.5. The number of hydrogen-bond donors (Lipinski definition) is 2. The van der Waals surface area contributed by atoms with E-state index in [0.717, 1.165) is 49.7 Å². The highest BCUT2D eigenvalue weighted by molar-refractivity contribution is 5.99. The van der Waals surface area contributed by atoms with E-state index in [9.17, 15) is 29.4 Å². The van der Waals surface area contributed by atoms with Gasteiger partial charge in [-0.3, -0.25) is 19.2 Å². The fourth-order valence-corrected chi connectivity index (χ4v) is 8.00. The van der Waals surface area contributed by atoms with Crippen LogP contribution in [-0.2, 0) is 45.1 Å². The molecule has 0 saturated heterocycles. The molecule has 1 aliphatic rings. The molecular weight excluding hydrogens is 677 g/mol. The molecule has 0 unspecified atom stereocenters. The van der Waals surface area contributed by atoms with Gasteiger partial charge in [0.15, 0.2) is 0 Å². The van der Waals surface area contributed by atoms with E-state index in [0.29, 0.717) is 13.1 Å². The summed E-state index contributed by atoms with van der Waals surface area (Å²) in [5.41, 5.74) is 4.21. The second-order valence-electron chi connectivity index (χ2n) is 15.2. The average molecular weight is 731 g/mol. The molecule has 0 heterocycles. The van der Waals surface area contributed by atoms with Crippen LogP contribution in [0.25, 0.3) is 0 Å². The maximum Gasteiger partial charge on any atom is 0.308 e. The summed E-state index contributed by atoms with van der Waals surface area (Å²) in [6, 6.07) is 39.3. The summed E-state index contributed by atoms with van der Waals surface area (Å²) in [5.74, 6) is -9.18. The molecule has 8 nitrogen and oxygen atoms in total. The Bertz CT molecular complexity index is 1640. The third-order valence-corrected chi connectivity index (χ3v) is 10.8. The quantitative estimate of drug-likeness (QED) is 0.0953. The fraction of sp³-hybridized carbons (Fsp3) is 0.391. The van der Waals surface area contributed by atoms with Crippen molar-refractivity contribution in [3.8, 4) is 0 Å². The summed E-state index contributed by atoms with van der Waals surface area (Å²) in [7, 11) is 0. The first-order chi connectivity index (χ1) is 26.1. The van der Waals surface area contributed by atoms with Crippen molar-refractivity contribution in [3.05, 3.63) is 144 Å². The number of aryl methyl sites for hydroxylation is 2. The summed E-state index contributed by atoms with van der Waals surface area (Å²) in [6.45, 7) is 5.26. The molecule has 54 heavy (non-hydrogen) atoms. The summed E-state index contributed by atoms with van der Waals surface area (Å²) in [6.07, 6.45) is 5.30. The molecule has 1 aliphatic carbocycles. The molecule has 8 heteroatoms. The third kappa shape index (κ3) is 10.9. The predicted molar refractivity (Wildman–Crippen MR) is 210 cm³/mol. The molecule has 0 bridgehead atoms. The Labute approximate surface area is 319 Å².